The third-order valence-corrected chi connectivity index (χ3v) is 5.04. The number of nitrogens with one attached hydrogen (secondary N) is 1. The van der Waals surface area contributed by atoms with E-state index in [0.29, 0.717) is 6.04 Å². The van der Waals surface area contributed by atoms with Gasteiger partial charge in [0.1, 0.15) is 0 Å². The number of carbonyl (C=O) groups excluding carboxylic acids is 1. The van der Waals surface area contributed by atoms with Crippen molar-refractivity contribution >= 4 is 28.0 Å². The SMILES string of the molecule is COC(=O)[C@H]1[C@@H]2CC[C@H](C[C@H]1c1ccc(/C=C\Br)cc1)N2. The fourth-order valence-electron chi connectivity index (χ4n) is 3.79. The summed E-state index contributed by atoms with van der Waals surface area (Å²) in [5.41, 5.74) is 2.40. The molecule has 0 unspecified atom stereocenters. The van der Waals surface area contributed by atoms with Crippen LogP contribution in [0, 0.1) is 5.92 Å². The Labute approximate surface area is 133 Å². The van der Waals surface area contributed by atoms with Gasteiger partial charge < -0.3 is 10.1 Å². The highest BCUT2D eigenvalue weighted by atomic mass is 79.9. The molecule has 2 heterocycles. The van der Waals surface area contributed by atoms with Crippen LogP contribution >= 0.6 is 15.9 Å². The lowest BCUT2D eigenvalue weighted by Gasteiger charge is -2.36. The summed E-state index contributed by atoms with van der Waals surface area (Å²) in [6.07, 6.45) is 5.27. The number of halogens is 1. The molecule has 2 saturated heterocycles. The second-order valence-electron chi connectivity index (χ2n) is 5.90. The molecule has 0 aromatic heterocycles. The van der Waals surface area contributed by atoms with Crippen LogP contribution in [-0.4, -0.2) is 25.2 Å². The van der Waals surface area contributed by atoms with Crippen molar-refractivity contribution in [1.29, 1.82) is 0 Å². The Kier molecular flexibility index (Phi) is 4.45. The minimum absolute atomic E-state index is 0.0636. The second-order valence-corrected chi connectivity index (χ2v) is 6.43. The van der Waals surface area contributed by atoms with Gasteiger partial charge in [0.15, 0.2) is 0 Å². The molecule has 0 aliphatic carbocycles. The smallest absolute Gasteiger partial charge is 0.310 e. The maximum Gasteiger partial charge on any atom is 0.310 e. The Balaban J connectivity index is 1.88. The van der Waals surface area contributed by atoms with Gasteiger partial charge in [-0.25, -0.2) is 0 Å². The van der Waals surface area contributed by atoms with Crippen molar-refractivity contribution in [2.75, 3.05) is 7.11 Å². The normalized spacial score (nSPS) is 31.5. The van der Waals surface area contributed by atoms with Gasteiger partial charge in [-0.3, -0.25) is 4.79 Å². The summed E-state index contributed by atoms with van der Waals surface area (Å²) in [4.78, 5) is 14.1. The summed E-state index contributed by atoms with van der Waals surface area (Å²) in [5.74, 6) is 0.117. The Morgan fingerprint density at radius 2 is 2.10 bits per heavy atom. The van der Waals surface area contributed by atoms with Crippen LogP contribution in [0.25, 0.3) is 6.08 Å². The minimum atomic E-state index is -0.0812. The molecule has 0 radical (unpaired) electrons. The van der Waals surface area contributed by atoms with Crippen LogP contribution in [0.5, 0.6) is 0 Å². The average Bonchev–Trinajstić information content (AvgIpc) is 2.89. The molecule has 3 rings (SSSR count). The van der Waals surface area contributed by atoms with E-state index in [4.69, 9.17) is 4.74 Å². The third kappa shape index (κ3) is 2.92. The van der Waals surface area contributed by atoms with Gasteiger partial charge in [-0.05, 0) is 41.5 Å². The number of methoxy groups -OCH3 is 1. The molecule has 112 valence electrons. The first-order valence-electron chi connectivity index (χ1n) is 7.43. The van der Waals surface area contributed by atoms with E-state index in [-0.39, 0.29) is 23.8 Å². The number of benzene rings is 1. The number of hydrogen-bond acceptors (Lipinski definition) is 3. The molecule has 2 bridgehead atoms. The molecule has 2 aliphatic heterocycles. The van der Waals surface area contributed by atoms with Crippen molar-refractivity contribution in [2.24, 2.45) is 5.92 Å². The van der Waals surface area contributed by atoms with E-state index in [1.807, 2.05) is 11.1 Å². The molecule has 0 spiro atoms. The highest BCUT2D eigenvalue weighted by Crippen LogP contribution is 2.42. The van der Waals surface area contributed by atoms with Gasteiger partial charge in [0.25, 0.3) is 0 Å². The monoisotopic (exact) mass is 349 g/mol. The number of fused-ring (bicyclic) bond motifs is 2. The highest BCUT2D eigenvalue weighted by Gasteiger charge is 2.46. The topological polar surface area (TPSA) is 38.3 Å². The van der Waals surface area contributed by atoms with Gasteiger partial charge >= 0.3 is 5.97 Å². The fraction of sp³-hybridized carbons (Fsp3) is 0.471. The largest absolute Gasteiger partial charge is 0.469 e. The first-order chi connectivity index (χ1) is 10.2. The fourth-order valence-corrected chi connectivity index (χ4v) is 4.09. The number of piperidine rings is 1. The van der Waals surface area contributed by atoms with E-state index in [0.717, 1.165) is 18.4 Å². The Hall–Kier alpha value is -1.13. The molecule has 0 saturated carbocycles. The van der Waals surface area contributed by atoms with Crippen molar-refractivity contribution < 1.29 is 9.53 Å². The third-order valence-electron chi connectivity index (χ3n) is 4.77. The van der Waals surface area contributed by atoms with Gasteiger partial charge in [-0.2, -0.15) is 0 Å². The Morgan fingerprint density at radius 1 is 1.33 bits per heavy atom. The molecule has 4 atom stereocenters. The molecular weight excluding hydrogens is 330 g/mol. The number of rotatable bonds is 3. The molecule has 0 amide bonds. The van der Waals surface area contributed by atoms with Gasteiger partial charge in [-0.1, -0.05) is 40.2 Å². The zero-order valence-corrected chi connectivity index (χ0v) is 13.7. The van der Waals surface area contributed by atoms with E-state index in [1.54, 1.807) is 0 Å². The molecule has 21 heavy (non-hydrogen) atoms. The summed E-state index contributed by atoms with van der Waals surface area (Å²) >= 11 is 3.29. The first-order valence-corrected chi connectivity index (χ1v) is 8.35. The van der Waals surface area contributed by atoms with Crippen LogP contribution in [-0.2, 0) is 9.53 Å². The van der Waals surface area contributed by atoms with E-state index < -0.39 is 0 Å². The van der Waals surface area contributed by atoms with Crippen LogP contribution < -0.4 is 5.32 Å². The average molecular weight is 350 g/mol. The van der Waals surface area contributed by atoms with E-state index in [1.165, 1.54) is 19.1 Å². The number of ether oxygens (including phenoxy) is 1. The maximum absolute atomic E-state index is 12.2. The van der Waals surface area contributed by atoms with Crippen LogP contribution in [0.2, 0.25) is 0 Å². The van der Waals surface area contributed by atoms with Crippen LogP contribution in [0.1, 0.15) is 36.3 Å². The van der Waals surface area contributed by atoms with Gasteiger partial charge in [0.2, 0.25) is 0 Å². The summed E-state index contributed by atoms with van der Waals surface area (Å²) in [7, 11) is 1.49. The van der Waals surface area contributed by atoms with Gasteiger partial charge in [0, 0.05) is 18.0 Å². The summed E-state index contributed by atoms with van der Waals surface area (Å²) in [6.45, 7) is 0. The van der Waals surface area contributed by atoms with Crippen molar-refractivity contribution in [1.82, 2.24) is 5.32 Å². The molecule has 2 fully saturated rings. The number of carbonyl (C=O) groups is 1. The van der Waals surface area contributed by atoms with Crippen molar-refractivity contribution in [3.05, 3.63) is 40.4 Å². The zero-order chi connectivity index (χ0) is 14.8. The lowest BCUT2D eigenvalue weighted by molar-refractivity contribution is -0.148. The molecule has 1 aromatic rings. The maximum atomic E-state index is 12.2. The molecular formula is C17H20BrNO2. The highest BCUT2D eigenvalue weighted by molar-refractivity contribution is 9.11. The molecule has 3 nitrogen and oxygen atoms in total. The predicted octanol–water partition coefficient (Wildman–Crippen LogP) is 3.45. The summed E-state index contributed by atoms with van der Waals surface area (Å²) in [5, 5.41) is 3.57. The van der Waals surface area contributed by atoms with Gasteiger partial charge in [-0.15, -0.1) is 0 Å². The molecule has 2 aliphatic rings. The quantitative estimate of drug-likeness (QED) is 0.849. The van der Waals surface area contributed by atoms with Crippen LogP contribution in [0.3, 0.4) is 0 Å². The number of hydrogen-bond donors (Lipinski definition) is 1. The van der Waals surface area contributed by atoms with E-state index in [2.05, 4.69) is 45.5 Å². The molecule has 1 N–H and O–H groups in total. The Morgan fingerprint density at radius 3 is 2.76 bits per heavy atom. The minimum Gasteiger partial charge on any atom is -0.469 e. The lowest BCUT2D eigenvalue weighted by atomic mass is 9.77. The second kappa shape index (κ2) is 6.32. The van der Waals surface area contributed by atoms with E-state index >= 15 is 0 Å². The van der Waals surface area contributed by atoms with Crippen molar-refractivity contribution in [3.8, 4) is 0 Å². The lowest BCUT2D eigenvalue weighted by Crippen LogP contribution is -2.48. The Bertz CT molecular complexity index is 540. The van der Waals surface area contributed by atoms with Gasteiger partial charge in [0.05, 0.1) is 13.0 Å². The predicted molar refractivity (Wildman–Crippen MR) is 87.2 cm³/mol. The number of esters is 1. The van der Waals surface area contributed by atoms with Crippen molar-refractivity contribution in [3.63, 3.8) is 0 Å². The summed E-state index contributed by atoms with van der Waals surface area (Å²) in [6, 6.07) is 9.31. The standard InChI is InChI=1S/C17H20BrNO2/c1-21-17(20)16-14(10-13-6-7-15(16)19-13)12-4-2-11(3-5-12)8-9-18/h2-5,8-9,13-16,19H,6-7,10H2,1H3/b9-8-/t13-,14+,15+,16-/m1/s1. The van der Waals surface area contributed by atoms with E-state index in [9.17, 15) is 4.79 Å². The van der Waals surface area contributed by atoms with Crippen LogP contribution in [0.15, 0.2) is 29.3 Å². The first kappa shape index (κ1) is 14.8. The van der Waals surface area contributed by atoms with Crippen LogP contribution in [0.4, 0.5) is 0 Å². The molecule has 4 heteroatoms. The summed E-state index contributed by atoms with van der Waals surface area (Å²) < 4.78 is 5.06. The van der Waals surface area contributed by atoms with Crippen molar-refractivity contribution in [2.45, 2.75) is 37.3 Å². The zero-order valence-electron chi connectivity index (χ0n) is 12.1. The molecule has 1 aromatic carbocycles.